The van der Waals surface area contributed by atoms with Crippen molar-refractivity contribution in [2.75, 3.05) is 0 Å². The van der Waals surface area contributed by atoms with Crippen LogP contribution in [0, 0.1) is 6.92 Å². The fourth-order valence-electron chi connectivity index (χ4n) is 3.39. The van der Waals surface area contributed by atoms with Gasteiger partial charge in [-0.1, -0.05) is 6.07 Å². The van der Waals surface area contributed by atoms with Gasteiger partial charge in [0, 0.05) is 28.4 Å². The Morgan fingerprint density at radius 1 is 1.10 bits per heavy atom. The number of H-pyrrole nitrogens is 1. The Bertz CT molecular complexity index is 1400. The van der Waals surface area contributed by atoms with E-state index in [1.165, 1.54) is 0 Å². The Balaban J connectivity index is 1.67. The van der Waals surface area contributed by atoms with Crippen LogP contribution in [0.1, 0.15) is 16.2 Å². The number of carboxylic acid groups (broad SMARTS) is 1. The Morgan fingerprint density at radius 2 is 2.00 bits per heavy atom. The van der Waals surface area contributed by atoms with Crippen LogP contribution in [0.2, 0.25) is 0 Å². The molecule has 5 aromatic rings. The molecule has 146 valence electrons. The number of rotatable bonds is 4. The van der Waals surface area contributed by atoms with Crippen molar-refractivity contribution in [1.29, 1.82) is 0 Å². The third kappa shape index (κ3) is 3.00. The first-order valence-electron chi connectivity index (χ1n) is 9.16. The van der Waals surface area contributed by atoms with Crippen LogP contribution in [-0.2, 0) is 0 Å². The first kappa shape index (κ1) is 17.7. The second-order valence-electron chi connectivity index (χ2n) is 6.76. The zero-order chi connectivity index (χ0) is 20.7. The molecule has 0 atom stereocenters. The fraction of sp³-hybridized carbons (Fsp3) is 0.0455. The Kier molecular flexibility index (Phi) is 4.10. The van der Waals surface area contributed by atoms with Gasteiger partial charge >= 0.3 is 5.97 Å². The van der Waals surface area contributed by atoms with E-state index in [2.05, 4.69) is 25.1 Å². The quantitative estimate of drug-likeness (QED) is 0.463. The van der Waals surface area contributed by atoms with Crippen molar-refractivity contribution >= 4 is 16.9 Å². The fourth-order valence-corrected chi connectivity index (χ4v) is 3.39. The predicted octanol–water partition coefficient (Wildman–Crippen LogP) is 4.35. The standard InChI is InChI=1S/C22H15N5O3/c1-12-3-2-4-18(25-12)20-16(10-24-27-20)14-7-8-23-17-6-5-13(9-15(14)17)21-26-19(11-30-21)22(28)29/h2-11H,1H3,(H,24,27)(H,28,29). The average molecular weight is 397 g/mol. The normalized spacial score (nSPS) is 11.1. The van der Waals surface area contributed by atoms with Gasteiger partial charge in [-0.05, 0) is 48.9 Å². The number of aromatic amines is 1. The van der Waals surface area contributed by atoms with Gasteiger partial charge in [0.15, 0.2) is 5.69 Å². The highest BCUT2D eigenvalue weighted by atomic mass is 16.4. The van der Waals surface area contributed by atoms with Crippen LogP contribution < -0.4 is 0 Å². The predicted molar refractivity (Wildman–Crippen MR) is 110 cm³/mol. The lowest BCUT2D eigenvalue weighted by atomic mass is 9.99. The number of hydrogen-bond donors (Lipinski definition) is 2. The number of fused-ring (bicyclic) bond motifs is 1. The van der Waals surface area contributed by atoms with Gasteiger partial charge in [0.1, 0.15) is 6.26 Å². The van der Waals surface area contributed by atoms with Crippen LogP contribution in [0.3, 0.4) is 0 Å². The van der Waals surface area contributed by atoms with E-state index in [0.29, 0.717) is 5.56 Å². The second kappa shape index (κ2) is 6.93. The van der Waals surface area contributed by atoms with Crippen molar-refractivity contribution < 1.29 is 14.3 Å². The first-order chi connectivity index (χ1) is 14.6. The van der Waals surface area contributed by atoms with E-state index in [1.54, 1.807) is 18.5 Å². The molecule has 0 radical (unpaired) electrons. The molecule has 0 unspecified atom stereocenters. The molecule has 8 nitrogen and oxygen atoms in total. The van der Waals surface area contributed by atoms with Crippen molar-refractivity contribution in [2.24, 2.45) is 0 Å². The smallest absolute Gasteiger partial charge is 0.357 e. The molecule has 1 aromatic carbocycles. The zero-order valence-corrected chi connectivity index (χ0v) is 15.8. The number of nitrogens with one attached hydrogen (secondary N) is 1. The third-order valence-corrected chi connectivity index (χ3v) is 4.79. The maximum absolute atomic E-state index is 11.1. The molecule has 2 N–H and O–H groups in total. The molecule has 0 aliphatic heterocycles. The van der Waals surface area contributed by atoms with E-state index in [1.807, 2.05) is 43.3 Å². The van der Waals surface area contributed by atoms with Gasteiger partial charge in [0.05, 0.1) is 23.1 Å². The van der Waals surface area contributed by atoms with Crippen LogP contribution >= 0.6 is 0 Å². The Hall–Kier alpha value is -4.33. The van der Waals surface area contributed by atoms with Gasteiger partial charge in [0.2, 0.25) is 5.89 Å². The molecule has 0 amide bonds. The number of aromatic nitrogens is 5. The molecule has 0 bridgehead atoms. The molecule has 4 aromatic heterocycles. The molecule has 8 heteroatoms. The number of nitrogens with zero attached hydrogens (tertiary/aromatic N) is 4. The monoisotopic (exact) mass is 397 g/mol. The molecular weight excluding hydrogens is 382 g/mol. The minimum atomic E-state index is -1.14. The molecule has 0 aliphatic carbocycles. The summed E-state index contributed by atoms with van der Waals surface area (Å²) >= 11 is 0. The van der Waals surface area contributed by atoms with Crippen LogP contribution in [-0.4, -0.2) is 36.2 Å². The van der Waals surface area contributed by atoms with Crippen molar-refractivity contribution in [3.63, 3.8) is 0 Å². The number of carbonyl (C=O) groups is 1. The zero-order valence-electron chi connectivity index (χ0n) is 15.8. The number of oxazole rings is 1. The van der Waals surface area contributed by atoms with Crippen LogP contribution in [0.4, 0.5) is 0 Å². The minimum Gasteiger partial charge on any atom is -0.476 e. The minimum absolute atomic E-state index is 0.140. The molecule has 0 spiro atoms. The summed E-state index contributed by atoms with van der Waals surface area (Å²) in [4.78, 5) is 24.2. The van der Waals surface area contributed by atoms with Crippen molar-refractivity contribution in [3.05, 3.63) is 72.5 Å². The summed E-state index contributed by atoms with van der Waals surface area (Å²) in [5.74, 6) is -0.904. The highest BCUT2D eigenvalue weighted by Gasteiger charge is 2.16. The number of benzene rings is 1. The highest BCUT2D eigenvalue weighted by molar-refractivity contribution is 5.99. The van der Waals surface area contributed by atoms with Gasteiger partial charge in [0.25, 0.3) is 0 Å². The summed E-state index contributed by atoms with van der Waals surface area (Å²) in [5, 5.41) is 17.2. The van der Waals surface area contributed by atoms with E-state index in [0.717, 1.165) is 45.4 Å². The summed E-state index contributed by atoms with van der Waals surface area (Å²) in [5.41, 5.74) is 5.61. The van der Waals surface area contributed by atoms with Crippen molar-refractivity contribution in [2.45, 2.75) is 6.92 Å². The summed E-state index contributed by atoms with van der Waals surface area (Å²) in [6.07, 6.45) is 4.63. The Labute approximate surface area is 170 Å². The van der Waals surface area contributed by atoms with E-state index >= 15 is 0 Å². The molecule has 0 saturated carbocycles. The largest absolute Gasteiger partial charge is 0.476 e. The number of carboxylic acids is 1. The second-order valence-corrected chi connectivity index (χ2v) is 6.76. The number of aromatic carboxylic acids is 1. The molecule has 0 aliphatic rings. The number of pyridine rings is 2. The van der Waals surface area contributed by atoms with Crippen LogP contribution in [0.25, 0.3) is 44.9 Å². The summed E-state index contributed by atoms with van der Waals surface area (Å²) < 4.78 is 5.36. The molecule has 0 saturated heterocycles. The summed E-state index contributed by atoms with van der Waals surface area (Å²) in [7, 11) is 0. The van der Waals surface area contributed by atoms with E-state index in [4.69, 9.17) is 9.52 Å². The summed E-state index contributed by atoms with van der Waals surface area (Å²) in [6.45, 7) is 1.94. The van der Waals surface area contributed by atoms with Gasteiger partial charge in [-0.15, -0.1) is 0 Å². The lowest BCUT2D eigenvalue weighted by molar-refractivity contribution is 0.0690. The molecule has 30 heavy (non-hydrogen) atoms. The van der Waals surface area contributed by atoms with E-state index in [-0.39, 0.29) is 11.6 Å². The Morgan fingerprint density at radius 3 is 2.80 bits per heavy atom. The number of aryl methyl sites for hydroxylation is 1. The van der Waals surface area contributed by atoms with Gasteiger partial charge < -0.3 is 9.52 Å². The van der Waals surface area contributed by atoms with Crippen molar-refractivity contribution in [3.8, 4) is 34.0 Å². The molecule has 4 heterocycles. The molecule has 5 rings (SSSR count). The maximum Gasteiger partial charge on any atom is 0.357 e. The van der Waals surface area contributed by atoms with Gasteiger partial charge in [-0.2, -0.15) is 5.10 Å². The lowest BCUT2D eigenvalue weighted by Gasteiger charge is -2.08. The van der Waals surface area contributed by atoms with E-state index in [9.17, 15) is 4.79 Å². The van der Waals surface area contributed by atoms with Crippen LogP contribution in [0.15, 0.2) is 65.5 Å². The van der Waals surface area contributed by atoms with Crippen LogP contribution in [0.5, 0.6) is 0 Å². The summed E-state index contributed by atoms with van der Waals surface area (Å²) in [6, 6.07) is 13.3. The number of hydrogen-bond acceptors (Lipinski definition) is 6. The van der Waals surface area contributed by atoms with Gasteiger partial charge in [-0.3, -0.25) is 15.1 Å². The van der Waals surface area contributed by atoms with Crippen molar-refractivity contribution in [1.82, 2.24) is 25.1 Å². The topological polar surface area (TPSA) is 118 Å². The third-order valence-electron chi connectivity index (χ3n) is 4.79. The molecule has 0 fully saturated rings. The SMILES string of the molecule is Cc1cccc(-c2[nH]ncc2-c2ccnc3ccc(-c4nc(C(=O)O)co4)cc23)n1. The van der Waals surface area contributed by atoms with Gasteiger partial charge in [-0.25, -0.2) is 9.78 Å². The lowest BCUT2D eigenvalue weighted by Crippen LogP contribution is -1.95. The highest BCUT2D eigenvalue weighted by Crippen LogP contribution is 2.35. The maximum atomic E-state index is 11.1. The first-order valence-corrected chi connectivity index (χ1v) is 9.16. The van der Waals surface area contributed by atoms with E-state index < -0.39 is 5.97 Å². The molecular formula is C22H15N5O3. The average Bonchev–Trinajstić information content (AvgIpc) is 3.43.